The van der Waals surface area contributed by atoms with Crippen LogP contribution in [0.15, 0.2) is 0 Å². The summed E-state index contributed by atoms with van der Waals surface area (Å²) in [6, 6.07) is 0.653. The van der Waals surface area contributed by atoms with Crippen molar-refractivity contribution in [2.24, 2.45) is 5.73 Å². The monoisotopic (exact) mass is 270 g/mol. The number of rotatable bonds is 6. The zero-order chi connectivity index (χ0) is 14.5. The Morgan fingerprint density at radius 3 is 2.32 bits per heavy atom. The van der Waals surface area contributed by atoms with E-state index < -0.39 is 0 Å². The van der Waals surface area contributed by atoms with Crippen LogP contribution in [-0.4, -0.2) is 80.1 Å². The van der Waals surface area contributed by atoms with Gasteiger partial charge >= 0.3 is 0 Å². The molecule has 1 rings (SSSR count). The average molecular weight is 270 g/mol. The predicted molar refractivity (Wildman–Crippen MR) is 83.5 cm³/mol. The van der Waals surface area contributed by atoms with Crippen molar-refractivity contribution in [3.63, 3.8) is 0 Å². The molecule has 4 heteroatoms. The largest absolute Gasteiger partial charge is 0.329 e. The minimum atomic E-state index is 0.208. The van der Waals surface area contributed by atoms with E-state index in [0.29, 0.717) is 6.04 Å². The van der Waals surface area contributed by atoms with Gasteiger partial charge in [-0.3, -0.25) is 4.90 Å². The minimum absolute atomic E-state index is 0.208. The summed E-state index contributed by atoms with van der Waals surface area (Å²) in [4.78, 5) is 7.35. The number of hydrogen-bond donors (Lipinski definition) is 1. The van der Waals surface area contributed by atoms with Crippen LogP contribution in [0.25, 0.3) is 0 Å². The first-order chi connectivity index (χ1) is 8.91. The van der Waals surface area contributed by atoms with Crippen LogP contribution in [0.3, 0.4) is 0 Å². The van der Waals surface area contributed by atoms with Crippen LogP contribution in [0.5, 0.6) is 0 Å². The van der Waals surface area contributed by atoms with E-state index in [1.54, 1.807) is 0 Å². The van der Waals surface area contributed by atoms with Crippen LogP contribution in [-0.2, 0) is 0 Å². The molecule has 114 valence electrons. The van der Waals surface area contributed by atoms with Crippen molar-refractivity contribution in [2.45, 2.75) is 44.7 Å². The summed E-state index contributed by atoms with van der Waals surface area (Å²) in [5.74, 6) is 0. The topological polar surface area (TPSA) is 35.7 Å². The molecule has 0 spiro atoms. The molecule has 0 amide bonds. The Morgan fingerprint density at radius 1 is 1.11 bits per heavy atom. The molecule has 1 atom stereocenters. The first kappa shape index (κ1) is 16.9. The van der Waals surface area contributed by atoms with Crippen molar-refractivity contribution in [2.75, 3.05) is 53.9 Å². The number of likely N-dealkylation sites (tertiary alicyclic amines) is 1. The minimum Gasteiger partial charge on any atom is -0.329 e. The SMILES string of the molecule is CC(C)N1CCCC(CN)(N(C)CCN(C)C)CC1. The molecular weight excluding hydrogens is 236 g/mol. The first-order valence-corrected chi connectivity index (χ1v) is 7.71. The standard InChI is InChI=1S/C15H34N4/c1-14(2)19-9-6-7-15(13-16,8-10-19)18(5)12-11-17(3)4/h14H,6-13,16H2,1-5H3. The van der Waals surface area contributed by atoms with Gasteiger partial charge in [0.25, 0.3) is 0 Å². The van der Waals surface area contributed by atoms with Crippen molar-refractivity contribution in [3.8, 4) is 0 Å². The molecule has 0 aromatic heterocycles. The van der Waals surface area contributed by atoms with Gasteiger partial charge in [-0.05, 0) is 60.8 Å². The van der Waals surface area contributed by atoms with Gasteiger partial charge in [-0.1, -0.05) is 0 Å². The normalized spacial score (nSPS) is 26.4. The molecule has 1 aliphatic rings. The number of hydrogen-bond acceptors (Lipinski definition) is 4. The third kappa shape index (κ3) is 4.71. The zero-order valence-electron chi connectivity index (χ0n) is 13.7. The zero-order valence-corrected chi connectivity index (χ0v) is 13.7. The van der Waals surface area contributed by atoms with E-state index in [9.17, 15) is 0 Å². The van der Waals surface area contributed by atoms with Crippen molar-refractivity contribution >= 4 is 0 Å². The van der Waals surface area contributed by atoms with Gasteiger partial charge in [0.1, 0.15) is 0 Å². The second-order valence-corrected chi connectivity index (χ2v) is 6.64. The van der Waals surface area contributed by atoms with E-state index in [1.165, 1.54) is 32.4 Å². The lowest BCUT2D eigenvalue weighted by molar-refractivity contribution is 0.0970. The highest BCUT2D eigenvalue weighted by Gasteiger charge is 2.35. The summed E-state index contributed by atoms with van der Waals surface area (Å²) >= 11 is 0. The number of likely N-dealkylation sites (N-methyl/N-ethyl adjacent to an activating group) is 2. The summed E-state index contributed by atoms with van der Waals surface area (Å²) in [5, 5.41) is 0. The van der Waals surface area contributed by atoms with Crippen LogP contribution in [0.1, 0.15) is 33.1 Å². The summed E-state index contributed by atoms with van der Waals surface area (Å²) in [6.45, 7) is 9.99. The summed E-state index contributed by atoms with van der Waals surface area (Å²) in [6.07, 6.45) is 3.70. The highest BCUT2D eigenvalue weighted by molar-refractivity contribution is 4.94. The van der Waals surface area contributed by atoms with Gasteiger partial charge in [-0.2, -0.15) is 0 Å². The van der Waals surface area contributed by atoms with Crippen molar-refractivity contribution in [1.29, 1.82) is 0 Å². The third-order valence-electron chi connectivity index (χ3n) is 4.75. The molecule has 1 fully saturated rings. The number of nitrogens with zero attached hydrogens (tertiary/aromatic N) is 3. The molecule has 1 unspecified atom stereocenters. The Hall–Kier alpha value is -0.160. The fourth-order valence-electron chi connectivity index (χ4n) is 3.04. The summed E-state index contributed by atoms with van der Waals surface area (Å²) < 4.78 is 0. The third-order valence-corrected chi connectivity index (χ3v) is 4.75. The van der Waals surface area contributed by atoms with Gasteiger partial charge in [0, 0.05) is 37.8 Å². The Balaban J connectivity index is 2.63. The molecule has 0 aromatic carbocycles. The van der Waals surface area contributed by atoms with E-state index in [0.717, 1.165) is 19.6 Å². The molecular formula is C15H34N4. The van der Waals surface area contributed by atoms with Crippen LogP contribution in [0, 0.1) is 0 Å². The quantitative estimate of drug-likeness (QED) is 0.783. The van der Waals surface area contributed by atoms with Gasteiger partial charge in [-0.25, -0.2) is 0 Å². The summed E-state index contributed by atoms with van der Waals surface area (Å²) in [5.41, 5.74) is 6.37. The molecule has 1 aliphatic heterocycles. The molecule has 0 aromatic rings. The van der Waals surface area contributed by atoms with Crippen LogP contribution < -0.4 is 5.73 Å². The van der Waals surface area contributed by atoms with Gasteiger partial charge < -0.3 is 15.5 Å². The van der Waals surface area contributed by atoms with Crippen LogP contribution >= 0.6 is 0 Å². The molecule has 0 aliphatic carbocycles. The molecule has 1 heterocycles. The second kappa shape index (κ2) is 7.58. The molecule has 2 N–H and O–H groups in total. The van der Waals surface area contributed by atoms with E-state index in [2.05, 4.69) is 49.7 Å². The smallest absolute Gasteiger partial charge is 0.0341 e. The molecule has 0 bridgehead atoms. The maximum atomic E-state index is 6.16. The molecule has 19 heavy (non-hydrogen) atoms. The molecule has 1 saturated heterocycles. The van der Waals surface area contributed by atoms with E-state index in [4.69, 9.17) is 5.73 Å². The molecule has 0 radical (unpaired) electrons. The maximum Gasteiger partial charge on any atom is 0.0341 e. The maximum absolute atomic E-state index is 6.16. The van der Waals surface area contributed by atoms with Gasteiger partial charge in [0.15, 0.2) is 0 Å². The Labute approximate surface area is 119 Å². The lowest BCUT2D eigenvalue weighted by Gasteiger charge is -2.41. The fraction of sp³-hybridized carbons (Fsp3) is 1.00. The average Bonchev–Trinajstić information content (AvgIpc) is 2.59. The van der Waals surface area contributed by atoms with Crippen molar-refractivity contribution < 1.29 is 0 Å². The van der Waals surface area contributed by atoms with E-state index >= 15 is 0 Å². The van der Waals surface area contributed by atoms with Gasteiger partial charge in [0.05, 0.1) is 0 Å². The predicted octanol–water partition coefficient (Wildman–Crippen LogP) is 1.07. The lowest BCUT2D eigenvalue weighted by Crippen LogP contribution is -2.54. The highest BCUT2D eigenvalue weighted by atomic mass is 15.2. The lowest BCUT2D eigenvalue weighted by atomic mass is 9.89. The van der Waals surface area contributed by atoms with Crippen molar-refractivity contribution in [3.05, 3.63) is 0 Å². The highest BCUT2D eigenvalue weighted by Crippen LogP contribution is 2.27. The Morgan fingerprint density at radius 2 is 1.79 bits per heavy atom. The van der Waals surface area contributed by atoms with E-state index in [-0.39, 0.29) is 5.54 Å². The first-order valence-electron chi connectivity index (χ1n) is 7.71. The Bertz CT molecular complexity index is 255. The Kier molecular flexibility index (Phi) is 6.74. The fourth-order valence-corrected chi connectivity index (χ4v) is 3.04. The van der Waals surface area contributed by atoms with E-state index in [1.807, 2.05) is 0 Å². The summed E-state index contributed by atoms with van der Waals surface area (Å²) in [7, 11) is 6.52. The number of nitrogens with two attached hydrogens (primary N) is 1. The second-order valence-electron chi connectivity index (χ2n) is 6.64. The van der Waals surface area contributed by atoms with Crippen molar-refractivity contribution in [1.82, 2.24) is 14.7 Å². The van der Waals surface area contributed by atoms with Gasteiger partial charge in [0.2, 0.25) is 0 Å². The van der Waals surface area contributed by atoms with Crippen LogP contribution in [0.2, 0.25) is 0 Å². The molecule has 0 saturated carbocycles. The van der Waals surface area contributed by atoms with Crippen LogP contribution in [0.4, 0.5) is 0 Å². The molecule has 4 nitrogen and oxygen atoms in total. The van der Waals surface area contributed by atoms with Gasteiger partial charge in [-0.15, -0.1) is 0 Å².